The number of benzene rings is 2. The number of carbonyl (C=O) groups is 1. The zero-order valence-corrected chi connectivity index (χ0v) is 14.2. The van der Waals surface area contributed by atoms with Gasteiger partial charge in [0, 0.05) is 0 Å². The van der Waals surface area contributed by atoms with Crippen molar-refractivity contribution in [1.82, 2.24) is 5.43 Å². The van der Waals surface area contributed by atoms with Crippen LogP contribution in [0.25, 0.3) is 0 Å². The highest BCUT2D eigenvalue weighted by Gasteiger charge is 2.06. The summed E-state index contributed by atoms with van der Waals surface area (Å²) in [6, 6.07) is 15.3. The Bertz CT molecular complexity index is 709. The van der Waals surface area contributed by atoms with Crippen LogP contribution >= 0.6 is 0 Å². The van der Waals surface area contributed by atoms with Gasteiger partial charge >= 0.3 is 0 Å². The van der Waals surface area contributed by atoms with Crippen molar-refractivity contribution in [3.8, 4) is 11.5 Å². The lowest BCUT2D eigenvalue weighted by Gasteiger charge is -2.09. The molecule has 0 fully saturated rings. The number of nitrogens with one attached hydrogen (secondary N) is 1. The van der Waals surface area contributed by atoms with Crippen molar-refractivity contribution >= 4 is 11.6 Å². The molecule has 5 heteroatoms. The van der Waals surface area contributed by atoms with Crippen LogP contribution in [0.2, 0.25) is 0 Å². The standard InChI is InChI=1S/C19H22N2O3/c1-4-15-9-11-16(12-10-15)14(2)20-21-19(22)13-24-18-8-6-5-7-17(18)23-3/h5-12H,4,13H2,1-3H3,(H,21,22)/b20-14-. The number of para-hydroxylation sites is 2. The summed E-state index contributed by atoms with van der Waals surface area (Å²) in [4.78, 5) is 11.9. The van der Waals surface area contributed by atoms with Gasteiger partial charge in [0.15, 0.2) is 18.1 Å². The second-order valence-corrected chi connectivity index (χ2v) is 5.22. The van der Waals surface area contributed by atoms with Gasteiger partial charge in [0.2, 0.25) is 0 Å². The van der Waals surface area contributed by atoms with Crippen molar-refractivity contribution in [3.63, 3.8) is 0 Å². The van der Waals surface area contributed by atoms with Gasteiger partial charge in [0.1, 0.15) is 0 Å². The molecular weight excluding hydrogens is 304 g/mol. The number of hydrogen-bond acceptors (Lipinski definition) is 4. The van der Waals surface area contributed by atoms with Gasteiger partial charge in [0.25, 0.3) is 5.91 Å². The molecule has 0 bridgehead atoms. The smallest absolute Gasteiger partial charge is 0.277 e. The Morgan fingerprint density at radius 3 is 2.38 bits per heavy atom. The normalized spacial score (nSPS) is 11.0. The minimum atomic E-state index is -0.328. The van der Waals surface area contributed by atoms with Crippen molar-refractivity contribution < 1.29 is 14.3 Å². The molecule has 0 aliphatic heterocycles. The molecule has 0 atom stereocenters. The molecule has 0 heterocycles. The second kappa shape index (κ2) is 8.72. The van der Waals surface area contributed by atoms with Crippen LogP contribution in [0.15, 0.2) is 53.6 Å². The molecular formula is C19H22N2O3. The SMILES string of the molecule is CCc1ccc(/C(C)=N\NC(=O)COc2ccccc2OC)cc1. The van der Waals surface area contributed by atoms with Crippen molar-refractivity contribution in [1.29, 1.82) is 0 Å². The van der Waals surface area contributed by atoms with Crippen LogP contribution in [0.3, 0.4) is 0 Å². The number of hydrogen-bond donors (Lipinski definition) is 1. The third-order valence-corrected chi connectivity index (χ3v) is 3.56. The number of rotatable bonds is 7. The highest BCUT2D eigenvalue weighted by molar-refractivity contribution is 5.99. The molecule has 2 rings (SSSR count). The fourth-order valence-electron chi connectivity index (χ4n) is 2.11. The van der Waals surface area contributed by atoms with Crippen molar-refractivity contribution in [2.75, 3.05) is 13.7 Å². The molecule has 2 aromatic rings. The molecule has 2 aromatic carbocycles. The summed E-state index contributed by atoms with van der Waals surface area (Å²) in [5, 5.41) is 4.11. The van der Waals surface area contributed by atoms with E-state index in [1.54, 1.807) is 19.2 Å². The fraction of sp³-hybridized carbons (Fsp3) is 0.263. The maximum atomic E-state index is 11.9. The molecule has 0 saturated heterocycles. The maximum absolute atomic E-state index is 11.9. The topological polar surface area (TPSA) is 59.9 Å². The summed E-state index contributed by atoms with van der Waals surface area (Å²) in [5.74, 6) is 0.775. The zero-order chi connectivity index (χ0) is 17.4. The Hall–Kier alpha value is -2.82. The lowest BCUT2D eigenvalue weighted by Crippen LogP contribution is -2.25. The predicted octanol–water partition coefficient (Wildman–Crippen LogP) is 3.18. The average Bonchev–Trinajstić information content (AvgIpc) is 2.64. The lowest BCUT2D eigenvalue weighted by atomic mass is 10.1. The minimum Gasteiger partial charge on any atom is -0.493 e. The van der Waals surface area contributed by atoms with Gasteiger partial charge in [-0.05, 0) is 36.6 Å². The van der Waals surface area contributed by atoms with E-state index in [1.165, 1.54) is 5.56 Å². The summed E-state index contributed by atoms with van der Waals surface area (Å²) in [6.45, 7) is 3.83. The van der Waals surface area contributed by atoms with Crippen molar-refractivity contribution in [2.45, 2.75) is 20.3 Å². The summed E-state index contributed by atoms with van der Waals surface area (Å²) < 4.78 is 10.6. The summed E-state index contributed by atoms with van der Waals surface area (Å²) >= 11 is 0. The number of aryl methyl sites for hydroxylation is 1. The number of carbonyl (C=O) groups excluding carboxylic acids is 1. The molecule has 0 aromatic heterocycles. The zero-order valence-electron chi connectivity index (χ0n) is 14.2. The Kier molecular flexibility index (Phi) is 6.37. The highest BCUT2D eigenvalue weighted by Crippen LogP contribution is 2.25. The average molecular weight is 326 g/mol. The molecule has 0 aliphatic carbocycles. The Labute approximate surface area is 142 Å². The van der Waals surface area contributed by atoms with E-state index in [0.717, 1.165) is 17.7 Å². The third kappa shape index (κ3) is 4.84. The fourth-order valence-corrected chi connectivity index (χ4v) is 2.11. The first-order chi connectivity index (χ1) is 11.6. The molecule has 0 spiro atoms. The first-order valence-electron chi connectivity index (χ1n) is 7.82. The number of ether oxygens (including phenoxy) is 2. The van der Waals surface area contributed by atoms with E-state index in [0.29, 0.717) is 11.5 Å². The monoisotopic (exact) mass is 326 g/mol. The Morgan fingerprint density at radius 2 is 1.75 bits per heavy atom. The maximum Gasteiger partial charge on any atom is 0.277 e. The van der Waals surface area contributed by atoms with E-state index in [1.807, 2.05) is 31.2 Å². The molecule has 0 unspecified atom stereocenters. The summed E-state index contributed by atoms with van der Waals surface area (Å²) in [7, 11) is 1.56. The van der Waals surface area contributed by atoms with E-state index in [2.05, 4.69) is 29.6 Å². The minimum absolute atomic E-state index is 0.133. The Morgan fingerprint density at radius 1 is 1.08 bits per heavy atom. The molecule has 24 heavy (non-hydrogen) atoms. The molecule has 5 nitrogen and oxygen atoms in total. The van der Waals surface area contributed by atoms with Crippen LogP contribution in [-0.4, -0.2) is 25.3 Å². The van der Waals surface area contributed by atoms with Crippen molar-refractivity contribution in [2.24, 2.45) is 5.10 Å². The molecule has 1 amide bonds. The van der Waals surface area contributed by atoms with Crippen LogP contribution in [0.1, 0.15) is 25.0 Å². The quantitative estimate of drug-likeness (QED) is 0.628. The van der Waals surface area contributed by atoms with Crippen LogP contribution in [0.5, 0.6) is 11.5 Å². The molecule has 126 valence electrons. The van der Waals surface area contributed by atoms with Crippen LogP contribution in [-0.2, 0) is 11.2 Å². The van der Waals surface area contributed by atoms with Gasteiger partial charge in [-0.25, -0.2) is 5.43 Å². The van der Waals surface area contributed by atoms with E-state index < -0.39 is 0 Å². The highest BCUT2D eigenvalue weighted by atomic mass is 16.5. The molecule has 1 N–H and O–H groups in total. The van der Waals surface area contributed by atoms with Crippen LogP contribution < -0.4 is 14.9 Å². The van der Waals surface area contributed by atoms with Gasteiger partial charge < -0.3 is 9.47 Å². The first-order valence-corrected chi connectivity index (χ1v) is 7.82. The van der Waals surface area contributed by atoms with Gasteiger partial charge in [0.05, 0.1) is 12.8 Å². The molecule has 0 aliphatic rings. The largest absolute Gasteiger partial charge is 0.493 e. The lowest BCUT2D eigenvalue weighted by molar-refractivity contribution is -0.123. The van der Waals surface area contributed by atoms with Crippen LogP contribution in [0, 0.1) is 0 Å². The Balaban J connectivity index is 1.89. The molecule has 0 radical (unpaired) electrons. The van der Waals surface area contributed by atoms with E-state index in [4.69, 9.17) is 9.47 Å². The molecule has 0 saturated carbocycles. The third-order valence-electron chi connectivity index (χ3n) is 3.56. The first kappa shape index (κ1) is 17.5. The number of amides is 1. The summed E-state index contributed by atoms with van der Waals surface area (Å²) in [6.07, 6.45) is 0.994. The van der Waals surface area contributed by atoms with Gasteiger partial charge in [-0.3, -0.25) is 4.79 Å². The van der Waals surface area contributed by atoms with Crippen molar-refractivity contribution in [3.05, 3.63) is 59.7 Å². The van der Waals surface area contributed by atoms with E-state index in [9.17, 15) is 4.79 Å². The number of hydrazone groups is 1. The van der Waals surface area contributed by atoms with Gasteiger partial charge in [-0.2, -0.15) is 5.10 Å². The predicted molar refractivity (Wildman–Crippen MR) is 94.7 cm³/mol. The van der Waals surface area contributed by atoms with E-state index in [-0.39, 0.29) is 12.5 Å². The summed E-state index contributed by atoms with van der Waals surface area (Å²) in [5.41, 5.74) is 5.47. The second-order valence-electron chi connectivity index (χ2n) is 5.22. The number of methoxy groups -OCH3 is 1. The van der Waals surface area contributed by atoms with Gasteiger partial charge in [-0.15, -0.1) is 0 Å². The van der Waals surface area contributed by atoms with Gasteiger partial charge in [-0.1, -0.05) is 43.3 Å². The number of nitrogens with zero attached hydrogens (tertiary/aromatic N) is 1. The van der Waals surface area contributed by atoms with E-state index >= 15 is 0 Å². The van der Waals surface area contributed by atoms with Crippen LogP contribution in [0.4, 0.5) is 0 Å².